The Balaban J connectivity index is 2.46. The van der Waals surface area contributed by atoms with Crippen molar-refractivity contribution >= 4 is 45.9 Å². The standard InChI is InChI=1S/C9H7BN2OS/c1-5(13)11-9-12-7-3-2-6(10)4-8(7)14-9/h2-4H,1H3,(H,11,12,13). The molecule has 1 N–H and O–H groups in total. The molecular formula is C9H7BN2OS. The third-order valence-corrected chi connectivity index (χ3v) is 2.63. The van der Waals surface area contributed by atoms with Crippen molar-refractivity contribution in [3.8, 4) is 0 Å². The first-order chi connectivity index (χ1) is 6.65. The number of thiazole rings is 1. The van der Waals surface area contributed by atoms with Crippen molar-refractivity contribution in [1.82, 2.24) is 4.98 Å². The molecule has 0 bridgehead atoms. The van der Waals surface area contributed by atoms with Crippen molar-refractivity contribution in [2.24, 2.45) is 0 Å². The largest absolute Gasteiger partial charge is 0.302 e. The summed E-state index contributed by atoms with van der Waals surface area (Å²) in [6.07, 6.45) is 0. The van der Waals surface area contributed by atoms with Crippen molar-refractivity contribution in [2.45, 2.75) is 6.92 Å². The maximum atomic E-state index is 10.8. The van der Waals surface area contributed by atoms with Crippen LogP contribution in [0.3, 0.4) is 0 Å². The Morgan fingerprint density at radius 3 is 3.07 bits per heavy atom. The molecule has 2 radical (unpaired) electrons. The van der Waals surface area contributed by atoms with Crippen LogP contribution in [-0.2, 0) is 4.79 Å². The van der Waals surface area contributed by atoms with E-state index >= 15 is 0 Å². The summed E-state index contributed by atoms with van der Waals surface area (Å²) < 4.78 is 0.980. The minimum atomic E-state index is -0.114. The van der Waals surface area contributed by atoms with E-state index < -0.39 is 0 Å². The number of amides is 1. The Morgan fingerprint density at radius 2 is 2.36 bits per heavy atom. The maximum absolute atomic E-state index is 10.8. The zero-order valence-electron chi connectivity index (χ0n) is 7.57. The van der Waals surface area contributed by atoms with Crippen LogP contribution >= 0.6 is 11.3 Å². The third-order valence-electron chi connectivity index (χ3n) is 1.70. The minimum Gasteiger partial charge on any atom is -0.302 e. The van der Waals surface area contributed by atoms with Gasteiger partial charge in [0.05, 0.1) is 10.2 Å². The van der Waals surface area contributed by atoms with Crippen LogP contribution in [0.2, 0.25) is 0 Å². The number of aromatic nitrogens is 1. The van der Waals surface area contributed by atoms with Gasteiger partial charge < -0.3 is 5.32 Å². The average Bonchev–Trinajstić information content (AvgIpc) is 2.44. The minimum absolute atomic E-state index is 0.114. The highest BCUT2D eigenvalue weighted by atomic mass is 32.1. The number of carbonyl (C=O) groups excluding carboxylic acids is 1. The van der Waals surface area contributed by atoms with Gasteiger partial charge in [0.25, 0.3) is 0 Å². The molecule has 0 aliphatic rings. The second kappa shape index (κ2) is 3.42. The van der Waals surface area contributed by atoms with E-state index in [9.17, 15) is 4.79 Å². The molecule has 0 aliphatic carbocycles. The number of fused-ring (bicyclic) bond motifs is 1. The Bertz CT molecular complexity index is 495. The molecule has 0 atom stereocenters. The van der Waals surface area contributed by atoms with E-state index in [1.807, 2.05) is 12.1 Å². The number of nitrogens with one attached hydrogen (secondary N) is 1. The highest BCUT2D eigenvalue weighted by molar-refractivity contribution is 7.22. The van der Waals surface area contributed by atoms with Crippen LogP contribution < -0.4 is 10.8 Å². The van der Waals surface area contributed by atoms with Crippen LogP contribution in [0.15, 0.2) is 18.2 Å². The predicted octanol–water partition coefficient (Wildman–Crippen LogP) is 1.05. The molecule has 0 saturated carbocycles. The van der Waals surface area contributed by atoms with E-state index in [1.54, 1.807) is 6.07 Å². The fraction of sp³-hybridized carbons (Fsp3) is 0.111. The fourth-order valence-electron chi connectivity index (χ4n) is 1.15. The normalized spacial score (nSPS) is 10.4. The molecule has 1 aromatic carbocycles. The van der Waals surface area contributed by atoms with Gasteiger partial charge in [-0.25, -0.2) is 4.98 Å². The van der Waals surface area contributed by atoms with E-state index in [1.165, 1.54) is 18.3 Å². The predicted molar refractivity (Wildman–Crippen MR) is 59.3 cm³/mol. The van der Waals surface area contributed by atoms with Gasteiger partial charge in [-0.2, -0.15) is 0 Å². The molecule has 0 spiro atoms. The number of nitrogens with zero attached hydrogens (tertiary/aromatic N) is 1. The lowest BCUT2D eigenvalue weighted by molar-refractivity contribution is -0.114. The first kappa shape index (κ1) is 9.21. The number of anilines is 1. The van der Waals surface area contributed by atoms with Crippen LogP contribution in [-0.4, -0.2) is 18.7 Å². The van der Waals surface area contributed by atoms with Crippen molar-refractivity contribution in [2.75, 3.05) is 5.32 Å². The Hall–Kier alpha value is -1.36. The average molecular weight is 202 g/mol. The number of hydrogen-bond donors (Lipinski definition) is 1. The molecule has 3 nitrogen and oxygen atoms in total. The molecule has 2 aromatic rings. The third kappa shape index (κ3) is 1.77. The molecule has 0 fully saturated rings. The first-order valence-corrected chi connectivity index (χ1v) is 4.90. The van der Waals surface area contributed by atoms with Crippen LogP contribution in [0.25, 0.3) is 10.2 Å². The number of hydrogen-bond acceptors (Lipinski definition) is 3. The molecule has 1 heterocycles. The van der Waals surface area contributed by atoms with Gasteiger partial charge >= 0.3 is 0 Å². The van der Waals surface area contributed by atoms with E-state index in [-0.39, 0.29) is 5.91 Å². The van der Waals surface area contributed by atoms with Gasteiger partial charge in [0.1, 0.15) is 7.85 Å². The van der Waals surface area contributed by atoms with E-state index in [0.29, 0.717) is 10.6 Å². The summed E-state index contributed by atoms with van der Waals surface area (Å²) >= 11 is 1.42. The Kier molecular flexibility index (Phi) is 2.25. The summed E-state index contributed by atoms with van der Waals surface area (Å²) in [5, 5.41) is 3.25. The summed E-state index contributed by atoms with van der Waals surface area (Å²) in [6, 6.07) is 5.48. The molecule has 1 aromatic heterocycles. The van der Waals surface area contributed by atoms with Crippen LogP contribution in [0, 0.1) is 0 Å². The second-order valence-corrected chi connectivity index (χ2v) is 3.96. The van der Waals surface area contributed by atoms with Crippen LogP contribution in [0.1, 0.15) is 6.92 Å². The number of carbonyl (C=O) groups is 1. The van der Waals surface area contributed by atoms with Crippen LogP contribution in [0.5, 0.6) is 0 Å². The first-order valence-electron chi connectivity index (χ1n) is 4.09. The van der Waals surface area contributed by atoms with Gasteiger partial charge in [0, 0.05) is 6.92 Å². The second-order valence-electron chi connectivity index (χ2n) is 2.93. The number of rotatable bonds is 1. The summed E-state index contributed by atoms with van der Waals surface area (Å²) in [5.74, 6) is -0.114. The zero-order valence-corrected chi connectivity index (χ0v) is 8.39. The highest BCUT2D eigenvalue weighted by Gasteiger charge is 2.04. The molecular weight excluding hydrogens is 195 g/mol. The van der Waals surface area contributed by atoms with Gasteiger partial charge in [-0.05, 0) is 12.1 Å². The summed E-state index contributed by atoms with van der Waals surface area (Å²) in [5.41, 5.74) is 1.56. The quantitative estimate of drug-likeness (QED) is 0.702. The Morgan fingerprint density at radius 1 is 1.57 bits per heavy atom. The smallest absolute Gasteiger partial charge is 0.223 e. The monoisotopic (exact) mass is 202 g/mol. The lowest BCUT2D eigenvalue weighted by atomic mass is 9.97. The highest BCUT2D eigenvalue weighted by Crippen LogP contribution is 2.24. The van der Waals surface area contributed by atoms with Crippen LogP contribution in [0.4, 0.5) is 5.13 Å². The molecule has 2 rings (SSSR count). The zero-order chi connectivity index (χ0) is 10.1. The van der Waals surface area contributed by atoms with Crippen molar-refractivity contribution < 1.29 is 4.79 Å². The molecule has 1 amide bonds. The van der Waals surface area contributed by atoms with Gasteiger partial charge in [0.2, 0.25) is 5.91 Å². The van der Waals surface area contributed by atoms with Crippen molar-refractivity contribution in [1.29, 1.82) is 0 Å². The molecule has 14 heavy (non-hydrogen) atoms. The SMILES string of the molecule is [B]c1ccc2nc(NC(C)=O)sc2c1. The van der Waals surface area contributed by atoms with E-state index in [4.69, 9.17) is 7.85 Å². The molecule has 68 valence electrons. The van der Waals surface area contributed by atoms with Crippen molar-refractivity contribution in [3.63, 3.8) is 0 Å². The lowest BCUT2D eigenvalue weighted by Crippen LogP contribution is -2.04. The van der Waals surface area contributed by atoms with Gasteiger partial charge in [0.15, 0.2) is 5.13 Å². The molecule has 5 heteroatoms. The molecule has 0 saturated heterocycles. The molecule has 0 unspecified atom stereocenters. The van der Waals surface area contributed by atoms with Gasteiger partial charge in [-0.1, -0.05) is 22.9 Å². The van der Waals surface area contributed by atoms with E-state index in [2.05, 4.69) is 10.3 Å². The summed E-state index contributed by atoms with van der Waals surface area (Å²) in [6.45, 7) is 1.46. The van der Waals surface area contributed by atoms with Crippen molar-refractivity contribution in [3.05, 3.63) is 18.2 Å². The summed E-state index contributed by atoms with van der Waals surface area (Å²) in [4.78, 5) is 15.0. The summed E-state index contributed by atoms with van der Waals surface area (Å²) in [7, 11) is 5.63. The van der Waals surface area contributed by atoms with Gasteiger partial charge in [-0.15, -0.1) is 0 Å². The number of benzene rings is 1. The Labute approximate surface area is 86.6 Å². The lowest BCUT2D eigenvalue weighted by Gasteiger charge is -1.91. The topological polar surface area (TPSA) is 42.0 Å². The van der Waals surface area contributed by atoms with Gasteiger partial charge in [-0.3, -0.25) is 4.79 Å². The fourth-order valence-corrected chi connectivity index (χ4v) is 2.11. The molecule has 0 aliphatic heterocycles. The maximum Gasteiger partial charge on any atom is 0.223 e. The van der Waals surface area contributed by atoms with E-state index in [0.717, 1.165) is 10.2 Å².